The molecule has 4 rings (SSSR count). The number of carbonyl (C=O) groups excluding carboxylic acids is 1. The second-order valence-corrected chi connectivity index (χ2v) is 7.61. The lowest BCUT2D eigenvalue weighted by Gasteiger charge is -2.36. The maximum atomic E-state index is 13.2. The number of nitrogens with zero attached hydrogens (tertiary/aromatic N) is 3. The quantitative estimate of drug-likeness (QED) is 0.896. The van der Waals surface area contributed by atoms with Gasteiger partial charge in [0.05, 0.1) is 12.5 Å². The Balaban J connectivity index is 1.44. The molecule has 3 atom stereocenters. The molecule has 0 bridgehead atoms. The Labute approximate surface area is 150 Å². The summed E-state index contributed by atoms with van der Waals surface area (Å²) in [6.07, 6.45) is 3.33. The molecule has 1 amide bonds. The number of piperazine rings is 1. The summed E-state index contributed by atoms with van der Waals surface area (Å²) < 4.78 is 0. The minimum atomic E-state index is 0.150. The Kier molecular flexibility index (Phi) is 5.06. The van der Waals surface area contributed by atoms with E-state index in [1.54, 1.807) is 0 Å². The highest BCUT2D eigenvalue weighted by Crippen LogP contribution is 2.45. The third-order valence-electron chi connectivity index (χ3n) is 6.29. The Hall–Kier alpha value is -1.43. The van der Waals surface area contributed by atoms with Gasteiger partial charge in [0.1, 0.15) is 0 Å². The van der Waals surface area contributed by atoms with Gasteiger partial charge in [0.2, 0.25) is 5.91 Å². The summed E-state index contributed by atoms with van der Waals surface area (Å²) in [4.78, 5) is 20.1. The molecule has 1 aromatic carbocycles. The van der Waals surface area contributed by atoms with Gasteiger partial charge in [0, 0.05) is 44.8 Å². The lowest BCUT2D eigenvalue weighted by Crippen LogP contribution is -2.51. The van der Waals surface area contributed by atoms with Crippen molar-refractivity contribution in [3.05, 3.63) is 35.9 Å². The Morgan fingerprint density at radius 1 is 1.08 bits per heavy atom. The predicted octanol–water partition coefficient (Wildman–Crippen LogP) is 1.35. The van der Waals surface area contributed by atoms with Crippen LogP contribution in [0.15, 0.2) is 30.3 Å². The molecule has 3 aliphatic heterocycles. The average Bonchev–Trinajstić information content (AvgIpc) is 3.25. The van der Waals surface area contributed by atoms with Gasteiger partial charge in [0.15, 0.2) is 0 Å². The maximum absolute atomic E-state index is 13.2. The van der Waals surface area contributed by atoms with Crippen molar-refractivity contribution in [2.45, 2.75) is 31.3 Å². The molecule has 5 nitrogen and oxygen atoms in total. The summed E-state index contributed by atoms with van der Waals surface area (Å²) in [5.74, 6) is 0.510. The normalized spacial score (nSPS) is 30.6. The molecule has 0 spiro atoms. The Morgan fingerprint density at radius 2 is 1.84 bits per heavy atom. The lowest BCUT2D eigenvalue weighted by molar-refractivity contribution is -0.138. The zero-order chi connectivity index (χ0) is 17.2. The highest BCUT2D eigenvalue weighted by Gasteiger charge is 2.48. The molecule has 0 unspecified atom stereocenters. The molecule has 25 heavy (non-hydrogen) atoms. The van der Waals surface area contributed by atoms with Crippen LogP contribution in [0.3, 0.4) is 0 Å². The molecule has 0 saturated carbocycles. The highest BCUT2D eigenvalue weighted by molar-refractivity contribution is 5.80. The monoisotopic (exact) mass is 343 g/mol. The number of hydrogen-bond acceptors (Lipinski definition) is 4. The van der Waals surface area contributed by atoms with Gasteiger partial charge in [-0.3, -0.25) is 14.6 Å². The number of rotatable bonds is 4. The topological polar surface area (TPSA) is 47.0 Å². The molecule has 1 N–H and O–H groups in total. The molecule has 3 heterocycles. The van der Waals surface area contributed by atoms with E-state index in [0.29, 0.717) is 18.0 Å². The molecule has 0 aromatic heterocycles. The first kappa shape index (κ1) is 17.0. The SMILES string of the molecule is O=C([C@H]1C[C@@H](c2ccccc2)N2CCC[C@H]12)N1CCN(CCO)CC1. The van der Waals surface area contributed by atoms with Crippen LogP contribution in [0.25, 0.3) is 0 Å². The van der Waals surface area contributed by atoms with Gasteiger partial charge in [-0.2, -0.15) is 0 Å². The third kappa shape index (κ3) is 3.33. The first-order chi connectivity index (χ1) is 12.3. The molecule has 3 saturated heterocycles. The first-order valence-electron chi connectivity index (χ1n) is 9.70. The van der Waals surface area contributed by atoms with E-state index in [4.69, 9.17) is 5.11 Å². The summed E-state index contributed by atoms with van der Waals surface area (Å²) in [5.41, 5.74) is 1.36. The van der Waals surface area contributed by atoms with Crippen LogP contribution in [0.5, 0.6) is 0 Å². The smallest absolute Gasteiger partial charge is 0.227 e. The molecule has 5 heteroatoms. The van der Waals surface area contributed by atoms with Gasteiger partial charge in [-0.25, -0.2) is 0 Å². The van der Waals surface area contributed by atoms with Crippen LogP contribution in [0, 0.1) is 5.92 Å². The van der Waals surface area contributed by atoms with Crippen molar-refractivity contribution >= 4 is 5.91 Å². The predicted molar refractivity (Wildman–Crippen MR) is 97.1 cm³/mol. The Bertz CT molecular complexity index is 586. The van der Waals surface area contributed by atoms with E-state index in [0.717, 1.165) is 52.1 Å². The van der Waals surface area contributed by atoms with E-state index in [9.17, 15) is 4.79 Å². The third-order valence-corrected chi connectivity index (χ3v) is 6.29. The zero-order valence-corrected chi connectivity index (χ0v) is 14.9. The number of benzene rings is 1. The van der Waals surface area contributed by atoms with Gasteiger partial charge >= 0.3 is 0 Å². The van der Waals surface area contributed by atoms with Gasteiger partial charge in [0.25, 0.3) is 0 Å². The van der Waals surface area contributed by atoms with E-state index < -0.39 is 0 Å². The fourth-order valence-electron chi connectivity index (χ4n) is 5.00. The van der Waals surface area contributed by atoms with E-state index in [-0.39, 0.29) is 12.5 Å². The number of hydrogen-bond donors (Lipinski definition) is 1. The second-order valence-electron chi connectivity index (χ2n) is 7.61. The van der Waals surface area contributed by atoms with Crippen LogP contribution < -0.4 is 0 Å². The molecule has 3 fully saturated rings. The Morgan fingerprint density at radius 3 is 2.56 bits per heavy atom. The number of amides is 1. The highest BCUT2D eigenvalue weighted by atomic mass is 16.3. The van der Waals surface area contributed by atoms with Crippen LogP contribution in [0.1, 0.15) is 30.9 Å². The van der Waals surface area contributed by atoms with Crippen molar-refractivity contribution < 1.29 is 9.90 Å². The zero-order valence-electron chi connectivity index (χ0n) is 14.9. The van der Waals surface area contributed by atoms with E-state index in [2.05, 4.69) is 45.0 Å². The lowest BCUT2D eigenvalue weighted by atomic mass is 9.93. The molecular weight excluding hydrogens is 314 g/mol. The number of aliphatic hydroxyl groups is 1. The van der Waals surface area contributed by atoms with Crippen molar-refractivity contribution in [2.75, 3.05) is 45.9 Å². The largest absolute Gasteiger partial charge is 0.395 e. The standard InChI is InChI=1S/C20H29N3O2/c24-14-13-21-9-11-22(12-10-21)20(25)17-15-19(16-5-2-1-3-6-16)23-8-4-7-18(17)23/h1-3,5-6,17-19,24H,4,7-15H2/t17-,18+,19-/m0/s1. The van der Waals surface area contributed by atoms with Crippen LogP contribution in [0.2, 0.25) is 0 Å². The van der Waals surface area contributed by atoms with Gasteiger partial charge in [-0.1, -0.05) is 30.3 Å². The summed E-state index contributed by atoms with van der Waals surface area (Å²) >= 11 is 0. The molecule has 3 aliphatic rings. The van der Waals surface area contributed by atoms with Crippen LogP contribution in [-0.2, 0) is 4.79 Å². The summed E-state index contributed by atoms with van der Waals surface area (Å²) in [7, 11) is 0. The van der Waals surface area contributed by atoms with Gasteiger partial charge in [-0.15, -0.1) is 0 Å². The fourth-order valence-corrected chi connectivity index (χ4v) is 5.00. The van der Waals surface area contributed by atoms with Crippen molar-refractivity contribution in [1.29, 1.82) is 0 Å². The van der Waals surface area contributed by atoms with Crippen LogP contribution in [-0.4, -0.2) is 77.6 Å². The van der Waals surface area contributed by atoms with E-state index in [1.165, 1.54) is 12.0 Å². The number of β-amino-alcohol motifs (C(OH)–C–C–N with tert-alkyl or cyclic N) is 1. The van der Waals surface area contributed by atoms with Crippen molar-refractivity contribution in [3.8, 4) is 0 Å². The van der Waals surface area contributed by atoms with Crippen LogP contribution >= 0.6 is 0 Å². The molecule has 0 aliphatic carbocycles. The van der Waals surface area contributed by atoms with Crippen LogP contribution in [0.4, 0.5) is 0 Å². The molecular formula is C20H29N3O2. The minimum Gasteiger partial charge on any atom is -0.395 e. The first-order valence-corrected chi connectivity index (χ1v) is 9.70. The van der Waals surface area contributed by atoms with Gasteiger partial charge in [-0.05, 0) is 31.4 Å². The maximum Gasteiger partial charge on any atom is 0.227 e. The number of carbonyl (C=O) groups is 1. The minimum absolute atomic E-state index is 0.150. The second kappa shape index (κ2) is 7.44. The van der Waals surface area contributed by atoms with E-state index >= 15 is 0 Å². The van der Waals surface area contributed by atoms with Crippen molar-refractivity contribution in [2.24, 2.45) is 5.92 Å². The summed E-state index contributed by atoms with van der Waals surface area (Å²) in [5, 5.41) is 9.08. The van der Waals surface area contributed by atoms with Crippen molar-refractivity contribution in [1.82, 2.24) is 14.7 Å². The fraction of sp³-hybridized carbons (Fsp3) is 0.650. The average molecular weight is 343 g/mol. The van der Waals surface area contributed by atoms with Gasteiger partial charge < -0.3 is 10.0 Å². The van der Waals surface area contributed by atoms with E-state index in [1.807, 2.05) is 0 Å². The molecule has 136 valence electrons. The summed E-state index contributed by atoms with van der Waals surface area (Å²) in [6.45, 7) is 5.42. The molecule has 0 radical (unpaired) electrons. The van der Waals surface area contributed by atoms with Crippen molar-refractivity contribution in [3.63, 3.8) is 0 Å². The number of fused-ring (bicyclic) bond motifs is 1. The number of aliphatic hydroxyl groups excluding tert-OH is 1. The molecule has 1 aromatic rings. The summed E-state index contributed by atoms with van der Waals surface area (Å²) in [6, 6.07) is 11.5.